The average molecular weight is 671 g/mol. The molecule has 14 heteroatoms. The van der Waals surface area contributed by atoms with Crippen LogP contribution in [0.1, 0.15) is 43.5 Å². The lowest BCUT2D eigenvalue weighted by molar-refractivity contribution is -0.128. The molecule has 5 rings (SSSR count). The number of nitrogens with two attached hydrogens (primary N) is 1. The van der Waals surface area contributed by atoms with Gasteiger partial charge in [-0.25, -0.2) is 18.2 Å². The zero-order valence-electron chi connectivity index (χ0n) is 25.3. The molecule has 2 N–H and O–H groups in total. The van der Waals surface area contributed by atoms with Gasteiger partial charge in [0, 0.05) is 37.3 Å². The zero-order chi connectivity index (χ0) is 33.8. The van der Waals surface area contributed by atoms with E-state index in [1.54, 1.807) is 29.0 Å². The van der Waals surface area contributed by atoms with Crippen LogP contribution in [0, 0.1) is 35.7 Å². The fourth-order valence-electron chi connectivity index (χ4n) is 5.83. The van der Waals surface area contributed by atoms with Crippen molar-refractivity contribution in [2.24, 2.45) is 0 Å². The number of aryl methyl sites for hydroxylation is 1. The molecular formula is C32H28Cl2F3N7O2. The first-order valence-corrected chi connectivity index (χ1v) is 15.0. The van der Waals surface area contributed by atoms with Gasteiger partial charge in [-0.3, -0.25) is 19.1 Å². The molecule has 0 bridgehead atoms. The van der Waals surface area contributed by atoms with Crippen LogP contribution in [-0.2, 0) is 4.79 Å². The van der Waals surface area contributed by atoms with Crippen molar-refractivity contribution in [3.05, 3.63) is 85.7 Å². The number of nitrogens with zero attached hydrogens (tertiary/aromatic N) is 6. The number of pyridine rings is 3. The van der Waals surface area contributed by atoms with Crippen LogP contribution < -0.4 is 16.2 Å². The van der Waals surface area contributed by atoms with Gasteiger partial charge in [0.15, 0.2) is 17.5 Å². The Hall–Kier alpha value is -4.60. The number of carbonyl (C=O) groups excluding carboxylic acids is 1. The normalized spacial score (nSPS) is 15.0. The van der Waals surface area contributed by atoms with E-state index in [1.165, 1.54) is 16.7 Å². The predicted molar refractivity (Wildman–Crippen MR) is 172 cm³/mol. The fraction of sp³-hybridized carbons (Fsp3) is 0.281. The van der Waals surface area contributed by atoms with E-state index in [1.807, 2.05) is 26.8 Å². The first-order valence-electron chi connectivity index (χ1n) is 14.2. The molecule has 1 aromatic carbocycles. The van der Waals surface area contributed by atoms with Crippen molar-refractivity contribution in [2.45, 2.75) is 39.7 Å². The summed E-state index contributed by atoms with van der Waals surface area (Å²) < 4.78 is 45.7. The molecule has 0 aliphatic carbocycles. The molecule has 1 atom stereocenters. The minimum Gasteiger partial charge on any atom is -0.394 e. The number of anilines is 2. The summed E-state index contributed by atoms with van der Waals surface area (Å²) in [5.41, 5.74) is 3.88. The molecule has 4 heterocycles. The molecular weight excluding hydrogens is 642 g/mol. The molecule has 0 spiro atoms. The number of hydrogen-bond donors (Lipinski definition) is 1. The Morgan fingerprint density at radius 2 is 1.89 bits per heavy atom. The maximum Gasteiger partial charge on any atom is 0.276 e. The highest BCUT2D eigenvalue weighted by atomic mass is 35.5. The number of rotatable bonds is 5. The molecule has 1 fully saturated rings. The van der Waals surface area contributed by atoms with Crippen molar-refractivity contribution in [1.29, 1.82) is 5.26 Å². The molecule has 4 aromatic rings. The van der Waals surface area contributed by atoms with Crippen LogP contribution in [0.15, 0.2) is 35.8 Å². The van der Waals surface area contributed by atoms with Crippen molar-refractivity contribution < 1.29 is 18.0 Å². The van der Waals surface area contributed by atoms with E-state index in [2.05, 4.69) is 16.5 Å². The molecule has 3 aromatic heterocycles. The first kappa shape index (κ1) is 32.8. The third-order valence-corrected chi connectivity index (χ3v) is 8.69. The van der Waals surface area contributed by atoms with Crippen molar-refractivity contribution in [3.8, 4) is 23.0 Å². The van der Waals surface area contributed by atoms with Gasteiger partial charge in [-0.15, -0.1) is 0 Å². The van der Waals surface area contributed by atoms with Crippen molar-refractivity contribution in [1.82, 2.24) is 19.4 Å². The van der Waals surface area contributed by atoms with Gasteiger partial charge in [0.05, 0.1) is 38.4 Å². The molecule has 46 heavy (non-hydrogen) atoms. The van der Waals surface area contributed by atoms with E-state index in [0.29, 0.717) is 16.9 Å². The summed E-state index contributed by atoms with van der Waals surface area (Å²) in [7, 11) is 0. The summed E-state index contributed by atoms with van der Waals surface area (Å²) in [5.74, 6) is -5.12. The second kappa shape index (κ2) is 12.3. The number of nitriles is 1. The Bertz CT molecular complexity index is 2030. The van der Waals surface area contributed by atoms with E-state index in [4.69, 9.17) is 28.9 Å². The number of fused-ring (bicyclic) bond motifs is 1. The summed E-state index contributed by atoms with van der Waals surface area (Å²) in [6.07, 6.45) is 2.80. The van der Waals surface area contributed by atoms with Crippen LogP contribution in [-0.4, -0.2) is 51.0 Å². The third kappa shape index (κ3) is 5.13. The van der Waals surface area contributed by atoms with Crippen LogP contribution >= 0.6 is 23.2 Å². The van der Waals surface area contributed by atoms with Gasteiger partial charge in [-0.2, -0.15) is 5.26 Å². The molecule has 1 amide bonds. The van der Waals surface area contributed by atoms with Crippen molar-refractivity contribution in [2.75, 3.05) is 30.3 Å². The summed E-state index contributed by atoms with van der Waals surface area (Å²) in [6.45, 7) is 11.6. The molecule has 1 aliphatic rings. The van der Waals surface area contributed by atoms with Crippen LogP contribution in [0.2, 0.25) is 10.0 Å². The molecule has 1 aliphatic heterocycles. The highest BCUT2D eigenvalue weighted by Crippen LogP contribution is 2.42. The van der Waals surface area contributed by atoms with Gasteiger partial charge in [-0.05, 0) is 43.5 Å². The highest BCUT2D eigenvalue weighted by Gasteiger charge is 2.33. The topological polar surface area (TPSA) is 121 Å². The monoisotopic (exact) mass is 669 g/mol. The Kier molecular flexibility index (Phi) is 8.77. The van der Waals surface area contributed by atoms with Crippen LogP contribution in [0.5, 0.6) is 0 Å². The molecule has 9 nitrogen and oxygen atoms in total. The smallest absolute Gasteiger partial charge is 0.276 e. The minimum atomic E-state index is -1.67. The number of carbonyl (C=O) groups is 1. The van der Waals surface area contributed by atoms with Gasteiger partial charge in [0.1, 0.15) is 23.0 Å². The van der Waals surface area contributed by atoms with E-state index in [9.17, 15) is 23.6 Å². The second-order valence-corrected chi connectivity index (χ2v) is 12.0. The van der Waals surface area contributed by atoms with Gasteiger partial charge < -0.3 is 15.5 Å². The summed E-state index contributed by atoms with van der Waals surface area (Å²) in [6, 6.07) is 4.76. The van der Waals surface area contributed by atoms with Crippen LogP contribution in [0.3, 0.4) is 0 Å². The van der Waals surface area contributed by atoms with Gasteiger partial charge >= 0.3 is 0 Å². The molecule has 0 radical (unpaired) electrons. The SMILES string of the molecule is C=CC(=O)N1CCN(c2c(C#N)c(=O)n(-c3c(C)ccnc3C(C)C)c3nc(-c4c(F)c(N)c(F)c(F)c4Cl)c(Cl)cc23)C[C@H]1C. The number of aromatic nitrogens is 3. The largest absolute Gasteiger partial charge is 0.394 e. The number of benzene rings is 1. The molecule has 1 saturated heterocycles. The lowest BCUT2D eigenvalue weighted by Gasteiger charge is -2.41. The van der Waals surface area contributed by atoms with Crippen LogP contribution in [0.4, 0.5) is 24.5 Å². The lowest BCUT2D eigenvalue weighted by atomic mass is 10.0. The highest BCUT2D eigenvalue weighted by molar-refractivity contribution is 6.37. The van der Waals surface area contributed by atoms with Gasteiger partial charge in [-0.1, -0.05) is 43.6 Å². The number of nitrogen functional groups attached to an aromatic ring is 1. The minimum absolute atomic E-state index is 0.0765. The van der Waals surface area contributed by atoms with E-state index < -0.39 is 45.0 Å². The van der Waals surface area contributed by atoms with E-state index >= 15 is 4.39 Å². The molecule has 238 valence electrons. The first-order chi connectivity index (χ1) is 21.7. The Labute approximate surface area is 272 Å². The number of hydrogen-bond acceptors (Lipinski definition) is 7. The fourth-order valence-corrected chi connectivity index (χ4v) is 6.33. The van der Waals surface area contributed by atoms with Crippen molar-refractivity contribution >= 4 is 51.5 Å². The third-order valence-electron chi connectivity index (χ3n) is 8.05. The molecule has 0 unspecified atom stereocenters. The predicted octanol–water partition coefficient (Wildman–Crippen LogP) is 6.28. The van der Waals surface area contributed by atoms with E-state index in [0.717, 1.165) is 0 Å². The summed E-state index contributed by atoms with van der Waals surface area (Å²) in [4.78, 5) is 39.3. The summed E-state index contributed by atoms with van der Waals surface area (Å²) >= 11 is 12.8. The van der Waals surface area contributed by atoms with E-state index in [-0.39, 0.29) is 64.8 Å². The standard InChI is InChI=1S/C32H28Cl2F3N7O2/c1-6-20(45)43-10-9-42(13-16(43)5)30-17-11-19(33)28(21-22(34)24(36)25(37)26(39)23(21)35)41-31(17)44(32(46)18(30)12-38)29-15(4)7-8-40-27(29)14(2)3/h6-8,11,14,16H,1,9-10,13,39H2,2-5H3/t16-/m1/s1. The number of piperazine rings is 1. The molecule has 0 saturated carbocycles. The quantitative estimate of drug-likeness (QED) is 0.115. The summed E-state index contributed by atoms with van der Waals surface area (Å²) in [5, 5.41) is 9.46. The number of halogens is 5. The van der Waals surface area contributed by atoms with Crippen molar-refractivity contribution in [3.63, 3.8) is 0 Å². The maximum atomic E-state index is 15.5. The lowest BCUT2D eigenvalue weighted by Crippen LogP contribution is -2.54. The maximum absolute atomic E-state index is 15.5. The Morgan fingerprint density at radius 3 is 2.50 bits per heavy atom. The zero-order valence-corrected chi connectivity index (χ0v) is 26.8. The average Bonchev–Trinajstić information content (AvgIpc) is 3.02. The Morgan fingerprint density at radius 1 is 1.20 bits per heavy atom. The van der Waals surface area contributed by atoms with Gasteiger partial charge in [0.2, 0.25) is 5.91 Å². The van der Waals surface area contributed by atoms with Crippen LogP contribution in [0.25, 0.3) is 28.0 Å². The second-order valence-electron chi connectivity index (χ2n) is 11.3. The Balaban J connectivity index is 1.94. The van der Waals surface area contributed by atoms with Gasteiger partial charge in [0.25, 0.3) is 5.56 Å². The number of amides is 1.